The molecule has 3 N–H and O–H groups in total. The summed E-state index contributed by atoms with van der Waals surface area (Å²) in [6.45, 7) is 6.33. The summed E-state index contributed by atoms with van der Waals surface area (Å²) in [6, 6.07) is 6.52. The second-order valence-electron chi connectivity index (χ2n) is 4.15. The molecule has 2 heteroatoms. The van der Waals surface area contributed by atoms with Crippen LogP contribution in [0, 0.1) is 6.92 Å². The van der Waals surface area contributed by atoms with Gasteiger partial charge in [0.25, 0.3) is 0 Å². The Morgan fingerprint density at radius 2 is 2.13 bits per heavy atom. The van der Waals surface area contributed by atoms with E-state index in [0.717, 1.165) is 12.1 Å². The van der Waals surface area contributed by atoms with Crippen molar-refractivity contribution in [2.45, 2.75) is 33.2 Å². The highest BCUT2D eigenvalue weighted by atomic mass is 14.8. The number of fused-ring (bicyclic) bond motifs is 1. The van der Waals surface area contributed by atoms with E-state index in [2.05, 4.69) is 37.0 Å². The molecule has 2 aromatic rings. The van der Waals surface area contributed by atoms with Gasteiger partial charge < -0.3 is 10.7 Å². The van der Waals surface area contributed by atoms with Crippen LogP contribution in [-0.2, 0) is 6.42 Å². The number of H-pyrrole nitrogens is 1. The first-order chi connectivity index (χ1) is 7.15. The average molecular weight is 202 g/mol. The molecule has 0 saturated heterocycles. The summed E-state index contributed by atoms with van der Waals surface area (Å²) in [5.74, 6) is 0. The van der Waals surface area contributed by atoms with Crippen molar-refractivity contribution in [3.63, 3.8) is 0 Å². The predicted molar refractivity (Wildman–Crippen MR) is 65.0 cm³/mol. The van der Waals surface area contributed by atoms with Crippen LogP contribution in [0.25, 0.3) is 10.9 Å². The third-order valence-corrected chi connectivity index (χ3v) is 3.05. The molecule has 0 radical (unpaired) electrons. The summed E-state index contributed by atoms with van der Waals surface area (Å²) in [5.41, 5.74) is 11.0. The van der Waals surface area contributed by atoms with E-state index < -0.39 is 0 Å². The van der Waals surface area contributed by atoms with Gasteiger partial charge in [0.15, 0.2) is 0 Å². The highest BCUT2D eigenvalue weighted by Gasteiger charge is 2.11. The third kappa shape index (κ3) is 1.55. The quantitative estimate of drug-likeness (QED) is 0.772. The van der Waals surface area contributed by atoms with Crippen molar-refractivity contribution in [1.82, 2.24) is 4.98 Å². The van der Waals surface area contributed by atoms with Gasteiger partial charge in [0.2, 0.25) is 0 Å². The Morgan fingerprint density at radius 3 is 2.73 bits per heavy atom. The first-order valence-electron chi connectivity index (χ1n) is 5.50. The normalized spacial score (nSPS) is 13.3. The molecule has 1 atom stereocenters. The zero-order chi connectivity index (χ0) is 11.0. The largest absolute Gasteiger partial charge is 0.357 e. The number of nitrogens with two attached hydrogens (primary N) is 1. The SMILES string of the molecule is CCc1cccc2c(C)c(C(C)N)[nH]c12. The fourth-order valence-corrected chi connectivity index (χ4v) is 2.18. The van der Waals surface area contributed by atoms with Crippen LogP contribution < -0.4 is 5.73 Å². The van der Waals surface area contributed by atoms with Crippen LogP contribution in [-0.4, -0.2) is 4.98 Å². The minimum atomic E-state index is 0.0714. The molecule has 0 saturated carbocycles. The minimum Gasteiger partial charge on any atom is -0.357 e. The lowest BCUT2D eigenvalue weighted by Gasteiger charge is -2.02. The van der Waals surface area contributed by atoms with E-state index in [1.165, 1.54) is 22.0 Å². The van der Waals surface area contributed by atoms with Crippen LogP contribution in [0.4, 0.5) is 0 Å². The van der Waals surface area contributed by atoms with E-state index in [-0.39, 0.29) is 6.04 Å². The molecule has 2 nitrogen and oxygen atoms in total. The summed E-state index contributed by atoms with van der Waals surface area (Å²) in [7, 11) is 0. The second-order valence-corrected chi connectivity index (χ2v) is 4.15. The molecule has 0 amide bonds. The van der Waals surface area contributed by atoms with Crippen molar-refractivity contribution < 1.29 is 0 Å². The Labute approximate surface area is 90.5 Å². The predicted octanol–water partition coefficient (Wildman–Crippen LogP) is 3.06. The number of aryl methyl sites for hydroxylation is 2. The number of rotatable bonds is 2. The maximum atomic E-state index is 5.94. The van der Waals surface area contributed by atoms with Gasteiger partial charge in [-0.15, -0.1) is 0 Å². The smallest absolute Gasteiger partial charge is 0.0491 e. The van der Waals surface area contributed by atoms with Gasteiger partial charge in [-0.05, 0) is 31.4 Å². The molecular formula is C13H18N2. The summed E-state index contributed by atoms with van der Waals surface area (Å²) < 4.78 is 0. The molecule has 0 spiro atoms. The molecule has 0 aliphatic rings. The maximum absolute atomic E-state index is 5.94. The zero-order valence-corrected chi connectivity index (χ0v) is 9.59. The molecule has 0 aliphatic carbocycles. The molecule has 1 heterocycles. The van der Waals surface area contributed by atoms with Crippen LogP contribution in [0.1, 0.15) is 36.7 Å². The van der Waals surface area contributed by atoms with Crippen LogP contribution in [0.15, 0.2) is 18.2 Å². The molecule has 1 aromatic heterocycles. The topological polar surface area (TPSA) is 41.8 Å². The van der Waals surface area contributed by atoms with Crippen LogP contribution in [0.2, 0.25) is 0 Å². The molecule has 15 heavy (non-hydrogen) atoms. The fourth-order valence-electron chi connectivity index (χ4n) is 2.18. The van der Waals surface area contributed by atoms with Crippen molar-refractivity contribution in [3.8, 4) is 0 Å². The molecule has 0 bridgehead atoms. The Balaban J connectivity index is 2.75. The number of hydrogen-bond donors (Lipinski definition) is 2. The first kappa shape index (κ1) is 10.2. The number of aromatic amines is 1. The van der Waals surface area contributed by atoms with Crippen molar-refractivity contribution in [2.75, 3.05) is 0 Å². The number of hydrogen-bond acceptors (Lipinski definition) is 1. The highest BCUT2D eigenvalue weighted by molar-refractivity contribution is 5.87. The minimum absolute atomic E-state index is 0.0714. The lowest BCUT2D eigenvalue weighted by Crippen LogP contribution is -2.06. The summed E-state index contributed by atoms with van der Waals surface area (Å²) in [4.78, 5) is 3.46. The molecule has 80 valence electrons. The van der Waals surface area contributed by atoms with Crippen molar-refractivity contribution in [2.24, 2.45) is 5.73 Å². The Hall–Kier alpha value is -1.28. The van der Waals surface area contributed by atoms with E-state index in [1.54, 1.807) is 0 Å². The second kappa shape index (κ2) is 3.70. The van der Waals surface area contributed by atoms with Gasteiger partial charge in [0.1, 0.15) is 0 Å². The fraction of sp³-hybridized carbons (Fsp3) is 0.385. The maximum Gasteiger partial charge on any atom is 0.0491 e. The van der Waals surface area contributed by atoms with Crippen molar-refractivity contribution in [3.05, 3.63) is 35.0 Å². The molecule has 1 aromatic carbocycles. The van der Waals surface area contributed by atoms with E-state index in [9.17, 15) is 0 Å². The highest BCUT2D eigenvalue weighted by Crippen LogP contribution is 2.27. The third-order valence-electron chi connectivity index (χ3n) is 3.05. The van der Waals surface area contributed by atoms with Gasteiger partial charge >= 0.3 is 0 Å². The zero-order valence-electron chi connectivity index (χ0n) is 9.59. The lowest BCUT2D eigenvalue weighted by molar-refractivity contribution is 0.784. The van der Waals surface area contributed by atoms with E-state index in [0.29, 0.717) is 0 Å². The standard InChI is InChI=1S/C13H18N2/c1-4-10-6-5-7-11-8(2)12(9(3)14)15-13(10)11/h5-7,9,15H,4,14H2,1-3H3. The van der Waals surface area contributed by atoms with Gasteiger partial charge in [0, 0.05) is 22.6 Å². The number of para-hydroxylation sites is 1. The monoisotopic (exact) mass is 202 g/mol. The van der Waals surface area contributed by atoms with Crippen LogP contribution >= 0.6 is 0 Å². The molecule has 0 fully saturated rings. The number of benzene rings is 1. The molecular weight excluding hydrogens is 184 g/mol. The van der Waals surface area contributed by atoms with Gasteiger partial charge in [-0.3, -0.25) is 0 Å². The van der Waals surface area contributed by atoms with Crippen LogP contribution in [0.5, 0.6) is 0 Å². The van der Waals surface area contributed by atoms with E-state index >= 15 is 0 Å². The van der Waals surface area contributed by atoms with E-state index in [1.807, 2.05) is 6.92 Å². The van der Waals surface area contributed by atoms with Gasteiger partial charge in [0.05, 0.1) is 0 Å². The summed E-state index contributed by atoms with van der Waals surface area (Å²) in [5, 5.41) is 1.31. The number of aromatic nitrogens is 1. The molecule has 0 aliphatic heterocycles. The van der Waals surface area contributed by atoms with Gasteiger partial charge in [-0.25, -0.2) is 0 Å². The van der Waals surface area contributed by atoms with Crippen molar-refractivity contribution in [1.29, 1.82) is 0 Å². The van der Waals surface area contributed by atoms with E-state index in [4.69, 9.17) is 5.73 Å². The van der Waals surface area contributed by atoms with Crippen molar-refractivity contribution >= 4 is 10.9 Å². The number of nitrogens with one attached hydrogen (secondary N) is 1. The Morgan fingerprint density at radius 1 is 1.40 bits per heavy atom. The van der Waals surface area contributed by atoms with Gasteiger partial charge in [-0.2, -0.15) is 0 Å². The Bertz CT molecular complexity index is 480. The first-order valence-corrected chi connectivity index (χ1v) is 5.50. The summed E-state index contributed by atoms with van der Waals surface area (Å²) in [6.07, 6.45) is 1.05. The molecule has 2 rings (SSSR count). The lowest BCUT2D eigenvalue weighted by atomic mass is 10.1. The van der Waals surface area contributed by atoms with Crippen LogP contribution in [0.3, 0.4) is 0 Å². The molecule has 1 unspecified atom stereocenters. The summed E-state index contributed by atoms with van der Waals surface area (Å²) >= 11 is 0. The van der Waals surface area contributed by atoms with Gasteiger partial charge in [-0.1, -0.05) is 25.1 Å². The average Bonchev–Trinajstić information content (AvgIpc) is 2.56. The Kier molecular flexibility index (Phi) is 2.53.